The van der Waals surface area contributed by atoms with E-state index in [4.69, 9.17) is 5.73 Å². The molecule has 0 fully saturated rings. The molecule has 2 heterocycles. The van der Waals surface area contributed by atoms with Gasteiger partial charge in [0.1, 0.15) is 5.82 Å². The van der Waals surface area contributed by atoms with Crippen LogP contribution in [0.3, 0.4) is 0 Å². The van der Waals surface area contributed by atoms with E-state index in [1.165, 1.54) is 6.20 Å². The Morgan fingerprint density at radius 2 is 1.77 bits per heavy atom. The van der Waals surface area contributed by atoms with Gasteiger partial charge in [0.25, 0.3) is 0 Å². The summed E-state index contributed by atoms with van der Waals surface area (Å²) in [5.41, 5.74) is 7.21. The Morgan fingerprint density at radius 1 is 1.00 bits per heavy atom. The van der Waals surface area contributed by atoms with Crippen LogP contribution in [0.4, 0.5) is 5.82 Å². The third-order valence-electron chi connectivity index (χ3n) is 1.65. The van der Waals surface area contributed by atoms with Crippen LogP contribution >= 0.6 is 0 Å². The van der Waals surface area contributed by atoms with Crippen LogP contribution in [-0.4, -0.2) is 15.0 Å². The van der Waals surface area contributed by atoms with Gasteiger partial charge < -0.3 is 5.73 Å². The third-order valence-corrected chi connectivity index (χ3v) is 1.65. The molecule has 64 valence electrons. The zero-order chi connectivity index (χ0) is 9.10. The number of hydrogen-bond acceptors (Lipinski definition) is 4. The maximum absolute atomic E-state index is 5.42. The first kappa shape index (κ1) is 7.67. The van der Waals surface area contributed by atoms with Crippen molar-refractivity contribution in [2.75, 3.05) is 5.73 Å². The number of nitrogens with two attached hydrogens (primary N) is 1. The van der Waals surface area contributed by atoms with Crippen molar-refractivity contribution < 1.29 is 0 Å². The van der Waals surface area contributed by atoms with Gasteiger partial charge in [-0.15, -0.1) is 0 Å². The molecule has 0 aliphatic rings. The zero-order valence-corrected chi connectivity index (χ0v) is 6.88. The molecule has 0 aliphatic heterocycles. The summed E-state index contributed by atoms with van der Waals surface area (Å²) < 4.78 is 0. The lowest BCUT2D eigenvalue weighted by atomic mass is 10.2. The van der Waals surface area contributed by atoms with Crippen molar-refractivity contribution in [3.63, 3.8) is 0 Å². The molecular formula is C9H8N4. The van der Waals surface area contributed by atoms with Gasteiger partial charge in [0.15, 0.2) is 0 Å². The van der Waals surface area contributed by atoms with E-state index in [9.17, 15) is 0 Å². The highest BCUT2D eigenvalue weighted by Crippen LogP contribution is 2.13. The minimum Gasteiger partial charge on any atom is -0.382 e. The van der Waals surface area contributed by atoms with E-state index in [2.05, 4.69) is 15.0 Å². The number of rotatable bonds is 1. The van der Waals surface area contributed by atoms with Gasteiger partial charge >= 0.3 is 0 Å². The van der Waals surface area contributed by atoms with Crippen LogP contribution in [0, 0.1) is 0 Å². The summed E-state index contributed by atoms with van der Waals surface area (Å²) in [4.78, 5) is 12.0. The summed E-state index contributed by atoms with van der Waals surface area (Å²) in [5.74, 6) is 0.429. The zero-order valence-electron chi connectivity index (χ0n) is 6.88. The number of nitrogens with zero attached hydrogens (tertiary/aromatic N) is 3. The van der Waals surface area contributed by atoms with Crippen LogP contribution in [-0.2, 0) is 0 Å². The molecule has 0 radical (unpaired) electrons. The Hall–Kier alpha value is -1.97. The quantitative estimate of drug-likeness (QED) is 0.700. The molecule has 4 nitrogen and oxygen atoms in total. The maximum atomic E-state index is 5.42. The number of hydrogen-bond donors (Lipinski definition) is 1. The van der Waals surface area contributed by atoms with Crippen LogP contribution in [0.25, 0.3) is 11.3 Å². The highest BCUT2D eigenvalue weighted by molar-refractivity contribution is 5.57. The fourth-order valence-corrected chi connectivity index (χ4v) is 1.01. The number of anilines is 1. The predicted octanol–water partition coefficient (Wildman–Crippen LogP) is 1.12. The van der Waals surface area contributed by atoms with E-state index < -0.39 is 0 Å². The van der Waals surface area contributed by atoms with Gasteiger partial charge in [-0.05, 0) is 12.1 Å². The Bertz CT molecular complexity index is 382. The first-order valence-electron chi connectivity index (χ1n) is 3.84. The molecule has 0 atom stereocenters. The van der Waals surface area contributed by atoms with E-state index in [1.807, 2.05) is 12.1 Å². The lowest BCUT2D eigenvalue weighted by molar-refractivity contribution is 1.21. The lowest BCUT2D eigenvalue weighted by Gasteiger charge is -1.98. The van der Waals surface area contributed by atoms with Gasteiger partial charge in [0.2, 0.25) is 0 Å². The molecule has 0 aliphatic carbocycles. The van der Waals surface area contributed by atoms with Gasteiger partial charge in [0.05, 0.1) is 18.1 Å². The SMILES string of the molecule is Nc1cnc(-c2ccncc2)cn1. The Morgan fingerprint density at radius 3 is 2.38 bits per heavy atom. The van der Waals surface area contributed by atoms with E-state index in [0.29, 0.717) is 5.82 Å². The van der Waals surface area contributed by atoms with Crippen LogP contribution in [0.1, 0.15) is 0 Å². The van der Waals surface area contributed by atoms with Gasteiger partial charge in [-0.25, -0.2) is 4.98 Å². The molecule has 2 aromatic rings. The molecular weight excluding hydrogens is 164 g/mol. The van der Waals surface area contributed by atoms with Crippen LogP contribution in [0.15, 0.2) is 36.9 Å². The molecule has 0 spiro atoms. The second-order valence-electron chi connectivity index (χ2n) is 2.56. The molecule has 2 aromatic heterocycles. The molecule has 0 bridgehead atoms. The summed E-state index contributed by atoms with van der Waals surface area (Å²) in [7, 11) is 0. The average molecular weight is 172 g/mol. The highest BCUT2D eigenvalue weighted by Gasteiger charge is 1.97. The third kappa shape index (κ3) is 1.61. The van der Waals surface area contributed by atoms with Crippen LogP contribution in [0.5, 0.6) is 0 Å². The van der Waals surface area contributed by atoms with Crippen molar-refractivity contribution in [3.05, 3.63) is 36.9 Å². The van der Waals surface area contributed by atoms with E-state index >= 15 is 0 Å². The Balaban J connectivity index is 2.42. The molecule has 2 N–H and O–H groups in total. The van der Waals surface area contributed by atoms with E-state index in [-0.39, 0.29) is 0 Å². The molecule has 13 heavy (non-hydrogen) atoms. The molecule has 2 rings (SSSR count). The molecule has 0 amide bonds. The predicted molar refractivity (Wildman–Crippen MR) is 49.7 cm³/mol. The minimum absolute atomic E-state index is 0.429. The van der Waals surface area contributed by atoms with Crippen molar-refractivity contribution in [1.82, 2.24) is 15.0 Å². The molecule has 0 unspecified atom stereocenters. The summed E-state index contributed by atoms with van der Waals surface area (Å²) in [6.07, 6.45) is 6.61. The van der Waals surface area contributed by atoms with Crippen molar-refractivity contribution in [2.45, 2.75) is 0 Å². The summed E-state index contributed by atoms with van der Waals surface area (Å²) in [6, 6.07) is 3.75. The average Bonchev–Trinajstić information content (AvgIpc) is 2.20. The summed E-state index contributed by atoms with van der Waals surface area (Å²) in [6.45, 7) is 0. The normalized spacial score (nSPS) is 9.85. The van der Waals surface area contributed by atoms with Gasteiger partial charge in [-0.3, -0.25) is 9.97 Å². The van der Waals surface area contributed by atoms with Gasteiger partial charge in [-0.1, -0.05) is 0 Å². The second-order valence-corrected chi connectivity index (χ2v) is 2.56. The van der Waals surface area contributed by atoms with Crippen LogP contribution in [0.2, 0.25) is 0 Å². The smallest absolute Gasteiger partial charge is 0.141 e. The highest BCUT2D eigenvalue weighted by atomic mass is 14.9. The minimum atomic E-state index is 0.429. The second kappa shape index (κ2) is 3.18. The topological polar surface area (TPSA) is 64.7 Å². The van der Waals surface area contributed by atoms with Crippen molar-refractivity contribution in [2.24, 2.45) is 0 Å². The van der Waals surface area contributed by atoms with Crippen molar-refractivity contribution in [3.8, 4) is 11.3 Å². The Kier molecular flexibility index (Phi) is 1.88. The Labute approximate surface area is 75.5 Å². The molecule has 4 heteroatoms. The van der Waals surface area contributed by atoms with Gasteiger partial charge in [0, 0.05) is 18.0 Å². The fraction of sp³-hybridized carbons (Fsp3) is 0. The van der Waals surface area contributed by atoms with Crippen molar-refractivity contribution in [1.29, 1.82) is 0 Å². The van der Waals surface area contributed by atoms with Crippen LogP contribution < -0.4 is 5.73 Å². The van der Waals surface area contributed by atoms with E-state index in [1.54, 1.807) is 18.6 Å². The number of pyridine rings is 1. The molecule has 0 saturated heterocycles. The maximum Gasteiger partial charge on any atom is 0.141 e. The first-order chi connectivity index (χ1) is 6.36. The standard InChI is InChI=1S/C9H8N4/c10-9-6-12-8(5-13-9)7-1-3-11-4-2-7/h1-6H,(H2,10,13). The van der Waals surface area contributed by atoms with Crippen molar-refractivity contribution >= 4 is 5.82 Å². The number of nitrogen functional groups attached to an aromatic ring is 1. The lowest BCUT2D eigenvalue weighted by Crippen LogP contribution is -1.92. The summed E-state index contributed by atoms with van der Waals surface area (Å²) >= 11 is 0. The molecule has 0 aromatic carbocycles. The summed E-state index contributed by atoms with van der Waals surface area (Å²) in [5, 5.41) is 0. The van der Waals surface area contributed by atoms with E-state index in [0.717, 1.165) is 11.3 Å². The first-order valence-corrected chi connectivity index (χ1v) is 3.84. The fourth-order valence-electron chi connectivity index (χ4n) is 1.01. The number of aromatic nitrogens is 3. The monoisotopic (exact) mass is 172 g/mol. The largest absolute Gasteiger partial charge is 0.382 e. The molecule has 0 saturated carbocycles. The van der Waals surface area contributed by atoms with Gasteiger partial charge in [-0.2, -0.15) is 0 Å².